The largest absolute Gasteiger partial charge is 0.490 e. The number of fused-ring (bicyclic) bond motifs is 3. The first-order valence-electron chi connectivity index (χ1n) is 9.09. The summed E-state index contributed by atoms with van der Waals surface area (Å²) in [5.41, 5.74) is 5.31. The number of hydrogen-bond donors (Lipinski definition) is 1. The quantitative estimate of drug-likeness (QED) is 0.798. The molecule has 2 aromatic carbocycles. The average Bonchev–Trinajstić information content (AvgIpc) is 2.83. The van der Waals surface area contributed by atoms with Crippen LogP contribution < -0.4 is 14.8 Å². The molecule has 0 aliphatic carbocycles. The van der Waals surface area contributed by atoms with E-state index in [0.717, 1.165) is 50.6 Å². The molecule has 2 aliphatic heterocycles. The summed E-state index contributed by atoms with van der Waals surface area (Å²) in [6.45, 7) is 4.34. The number of aromatic nitrogens is 1. The molecule has 0 bridgehead atoms. The molecule has 0 fully saturated rings. The van der Waals surface area contributed by atoms with Crippen molar-refractivity contribution in [3.63, 3.8) is 0 Å². The number of hydrogen-bond acceptors (Lipinski definition) is 3. The molecule has 0 saturated carbocycles. The van der Waals surface area contributed by atoms with E-state index in [9.17, 15) is 0 Å². The Balaban J connectivity index is 1.62. The standard InChI is InChI=1S/C21H22N2O2/c1-2-4-15(5-3-1)14-25-18-6-7-19-21-20(18)16-8-10-22-11-9-17(16)23(21)12-13-24-19/h1-7,22H,8-14H2. The lowest BCUT2D eigenvalue weighted by Gasteiger charge is -2.20. The fourth-order valence-corrected chi connectivity index (χ4v) is 4.12. The zero-order valence-electron chi connectivity index (χ0n) is 14.3. The van der Waals surface area contributed by atoms with E-state index in [0.29, 0.717) is 6.61 Å². The lowest BCUT2D eigenvalue weighted by molar-refractivity contribution is 0.283. The number of nitrogens with zero attached hydrogens (tertiary/aromatic N) is 1. The minimum Gasteiger partial charge on any atom is -0.490 e. The molecule has 1 N–H and O–H groups in total. The average molecular weight is 334 g/mol. The Morgan fingerprint density at radius 3 is 2.84 bits per heavy atom. The topological polar surface area (TPSA) is 35.4 Å². The van der Waals surface area contributed by atoms with Crippen molar-refractivity contribution in [3.05, 3.63) is 59.3 Å². The van der Waals surface area contributed by atoms with E-state index in [2.05, 4.69) is 46.3 Å². The number of benzene rings is 2. The van der Waals surface area contributed by atoms with Crippen LogP contribution in [0.3, 0.4) is 0 Å². The molecule has 128 valence electrons. The van der Waals surface area contributed by atoms with Crippen LogP contribution in [-0.2, 0) is 26.0 Å². The molecule has 25 heavy (non-hydrogen) atoms. The first-order valence-corrected chi connectivity index (χ1v) is 9.09. The van der Waals surface area contributed by atoms with Crippen molar-refractivity contribution in [2.75, 3.05) is 19.7 Å². The summed E-state index contributed by atoms with van der Waals surface area (Å²) >= 11 is 0. The van der Waals surface area contributed by atoms with Crippen molar-refractivity contribution >= 4 is 10.9 Å². The van der Waals surface area contributed by atoms with E-state index in [1.54, 1.807) is 0 Å². The van der Waals surface area contributed by atoms with Gasteiger partial charge in [-0.25, -0.2) is 0 Å². The smallest absolute Gasteiger partial charge is 0.143 e. The highest BCUT2D eigenvalue weighted by molar-refractivity contribution is 5.96. The Morgan fingerprint density at radius 2 is 1.92 bits per heavy atom. The van der Waals surface area contributed by atoms with Gasteiger partial charge in [0.15, 0.2) is 0 Å². The molecule has 0 saturated heterocycles. The highest BCUT2D eigenvalue weighted by atomic mass is 16.5. The molecule has 0 atom stereocenters. The predicted molar refractivity (Wildman–Crippen MR) is 98.5 cm³/mol. The number of ether oxygens (including phenoxy) is 2. The highest BCUT2D eigenvalue weighted by Crippen LogP contribution is 2.42. The van der Waals surface area contributed by atoms with Crippen LogP contribution in [0, 0.1) is 0 Å². The van der Waals surface area contributed by atoms with E-state index in [1.165, 1.54) is 27.7 Å². The minimum atomic E-state index is 0.592. The highest BCUT2D eigenvalue weighted by Gasteiger charge is 2.26. The van der Waals surface area contributed by atoms with E-state index in [1.807, 2.05) is 6.07 Å². The summed E-state index contributed by atoms with van der Waals surface area (Å²) in [5, 5.41) is 4.78. The summed E-state index contributed by atoms with van der Waals surface area (Å²) in [6.07, 6.45) is 2.12. The molecule has 5 rings (SSSR count). The molecule has 0 unspecified atom stereocenters. The molecule has 0 amide bonds. The fraction of sp³-hybridized carbons (Fsp3) is 0.333. The third kappa shape index (κ3) is 2.48. The van der Waals surface area contributed by atoms with E-state index in [4.69, 9.17) is 9.47 Å². The maximum Gasteiger partial charge on any atom is 0.143 e. The lowest BCUT2D eigenvalue weighted by Crippen LogP contribution is -2.19. The second-order valence-corrected chi connectivity index (χ2v) is 6.74. The fourth-order valence-electron chi connectivity index (χ4n) is 4.12. The second kappa shape index (κ2) is 6.12. The summed E-state index contributed by atoms with van der Waals surface area (Å²) < 4.78 is 14.7. The predicted octanol–water partition coefficient (Wildman–Crippen LogP) is 3.30. The van der Waals surface area contributed by atoms with Crippen LogP contribution in [0.1, 0.15) is 16.8 Å². The van der Waals surface area contributed by atoms with Gasteiger partial charge in [-0.1, -0.05) is 30.3 Å². The van der Waals surface area contributed by atoms with Crippen molar-refractivity contribution in [1.29, 1.82) is 0 Å². The molecule has 4 nitrogen and oxygen atoms in total. The molecule has 3 heterocycles. The van der Waals surface area contributed by atoms with Crippen LogP contribution in [0.15, 0.2) is 42.5 Å². The Hall–Kier alpha value is -2.46. The van der Waals surface area contributed by atoms with E-state index >= 15 is 0 Å². The first-order chi connectivity index (χ1) is 12.4. The van der Waals surface area contributed by atoms with Gasteiger partial charge in [0, 0.05) is 24.0 Å². The van der Waals surface area contributed by atoms with Gasteiger partial charge < -0.3 is 19.4 Å². The summed E-state index contributed by atoms with van der Waals surface area (Å²) in [6, 6.07) is 14.5. The third-order valence-electron chi connectivity index (χ3n) is 5.25. The Labute approximate surface area is 147 Å². The molecule has 0 spiro atoms. The monoisotopic (exact) mass is 334 g/mol. The van der Waals surface area contributed by atoms with Crippen LogP contribution in [0.5, 0.6) is 11.5 Å². The van der Waals surface area contributed by atoms with E-state index in [-0.39, 0.29) is 0 Å². The maximum atomic E-state index is 6.26. The van der Waals surface area contributed by atoms with Crippen molar-refractivity contribution in [3.8, 4) is 11.5 Å². The van der Waals surface area contributed by atoms with Crippen LogP contribution in [0.2, 0.25) is 0 Å². The maximum absolute atomic E-state index is 6.26. The minimum absolute atomic E-state index is 0.592. The van der Waals surface area contributed by atoms with Gasteiger partial charge in [-0.3, -0.25) is 0 Å². The van der Waals surface area contributed by atoms with Crippen molar-refractivity contribution in [2.24, 2.45) is 0 Å². The van der Waals surface area contributed by atoms with Crippen molar-refractivity contribution < 1.29 is 9.47 Å². The molecule has 4 heteroatoms. The molecular weight excluding hydrogens is 312 g/mol. The zero-order valence-corrected chi connectivity index (χ0v) is 14.3. The normalized spacial score (nSPS) is 16.2. The SMILES string of the molecule is c1ccc(COc2ccc3c4c2c2c(n4CCO3)CCNCC2)cc1. The van der Waals surface area contributed by atoms with Crippen LogP contribution in [0.4, 0.5) is 0 Å². The summed E-state index contributed by atoms with van der Waals surface area (Å²) in [7, 11) is 0. The van der Waals surface area contributed by atoms with Crippen LogP contribution in [-0.4, -0.2) is 24.3 Å². The van der Waals surface area contributed by atoms with Gasteiger partial charge in [-0.15, -0.1) is 0 Å². The van der Waals surface area contributed by atoms with Gasteiger partial charge in [0.25, 0.3) is 0 Å². The van der Waals surface area contributed by atoms with Gasteiger partial charge in [-0.05, 0) is 36.2 Å². The van der Waals surface area contributed by atoms with Gasteiger partial charge in [0.2, 0.25) is 0 Å². The molecular formula is C21H22N2O2. The van der Waals surface area contributed by atoms with Gasteiger partial charge in [0.05, 0.1) is 12.1 Å². The first kappa shape index (κ1) is 14.8. The van der Waals surface area contributed by atoms with Crippen LogP contribution in [0.25, 0.3) is 10.9 Å². The Morgan fingerprint density at radius 1 is 1.04 bits per heavy atom. The van der Waals surface area contributed by atoms with Gasteiger partial charge >= 0.3 is 0 Å². The Kier molecular flexibility index (Phi) is 3.63. The number of nitrogens with one attached hydrogen (secondary N) is 1. The second-order valence-electron chi connectivity index (χ2n) is 6.74. The van der Waals surface area contributed by atoms with Crippen molar-refractivity contribution in [2.45, 2.75) is 26.0 Å². The van der Waals surface area contributed by atoms with E-state index < -0.39 is 0 Å². The summed E-state index contributed by atoms with van der Waals surface area (Å²) in [4.78, 5) is 0. The molecule has 2 aliphatic rings. The lowest BCUT2D eigenvalue weighted by atomic mass is 10.1. The third-order valence-corrected chi connectivity index (χ3v) is 5.25. The molecule has 1 aromatic heterocycles. The van der Waals surface area contributed by atoms with Gasteiger partial charge in [0.1, 0.15) is 24.7 Å². The Bertz CT molecular complexity index is 915. The van der Waals surface area contributed by atoms with Gasteiger partial charge in [-0.2, -0.15) is 0 Å². The van der Waals surface area contributed by atoms with Crippen molar-refractivity contribution in [1.82, 2.24) is 9.88 Å². The summed E-state index contributed by atoms with van der Waals surface area (Å²) in [5.74, 6) is 1.97. The zero-order chi connectivity index (χ0) is 16.6. The van der Waals surface area contributed by atoms with Crippen LogP contribution >= 0.6 is 0 Å². The molecule has 3 aromatic rings. The number of rotatable bonds is 3. The molecule has 0 radical (unpaired) electrons.